The van der Waals surface area contributed by atoms with Crippen LogP contribution in [0.4, 0.5) is 0 Å². The zero-order chi connectivity index (χ0) is 19.6. The fraction of sp³-hybridized carbons (Fsp3) is 0.529. The van der Waals surface area contributed by atoms with E-state index in [2.05, 4.69) is 5.32 Å². The molecule has 3 rings (SSSR count). The second-order valence-electron chi connectivity index (χ2n) is 6.54. The quantitative estimate of drug-likeness (QED) is 0.702. The number of carbonyl (C=O) groups excluding carboxylic acids is 1. The number of aromatic nitrogens is 1. The van der Waals surface area contributed by atoms with Crippen LogP contribution in [-0.4, -0.2) is 56.5 Å². The first kappa shape index (κ1) is 19.6. The second-order valence-corrected chi connectivity index (χ2v) is 8.48. The minimum absolute atomic E-state index is 0.0461. The average molecular weight is 397 g/mol. The molecule has 27 heavy (non-hydrogen) atoms. The van der Waals surface area contributed by atoms with E-state index in [1.165, 1.54) is 21.0 Å². The molecule has 1 aromatic heterocycles. The fourth-order valence-electron chi connectivity index (χ4n) is 3.22. The highest BCUT2D eigenvalue weighted by Gasteiger charge is 2.33. The number of rotatable bonds is 6. The summed E-state index contributed by atoms with van der Waals surface area (Å²) in [6.45, 7) is 1.27. The van der Waals surface area contributed by atoms with Crippen molar-refractivity contribution in [2.24, 2.45) is 13.0 Å². The van der Waals surface area contributed by atoms with E-state index in [1.54, 1.807) is 20.2 Å². The normalized spacial score (nSPS) is 18.7. The minimum atomic E-state index is -3.79. The van der Waals surface area contributed by atoms with E-state index in [4.69, 9.17) is 9.15 Å². The number of benzene rings is 1. The molecular weight excluding hydrogens is 374 g/mol. The lowest BCUT2D eigenvalue weighted by atomic mass is 9.99. The van der Waals surface area contributed by atoms with Crippen LogP contribution in [-0.2, 0) is 26.6 Å². The number of aryl methyl sites for hydroxylation is 1. The van der Waals surface area contributed by atoms with Gasteiger partial charge >= 0.3 is 5.76 Å². The summed E-state index contributed by atoms with van der Waals surface area (Å²) in [5.74, 6) is -1.12. The molecule has 1 amide bonds. The van der Waals surface area contributed by atoms with Crippen LogP contribution in [0.15, 0.2) is 32.3 Å². The van der Waals surface area contributed by atoms with Gasteiger partial charge in [-0.25, -0.2) is 13.2 Å². The van der Waals surface area contributed by atoms with Gasteiger partial charge in [-0.15, -0.1) is 0 Å². The van der Waals surface area contributed by atoms with E-state index in [-0.39, 0.29) is 22.9 Å². The number of oxazole rings is 1. The van der Waals surface area contributed by atoms with Crippen LogP contribution in [0, 0.1) is 5.92 Å². The summed E-state index contributed by atoms with van der Waals surface area (Å²) in [6, 6.07) is 4.36. The number of amides is 1. The molecule has 1 unspecified atom stereocenters. The number of carbonyl (C=O) groups is 1. The molecule has 1 aliphatic rings. The summed E-state index contributed by atoms with van der Waals surface area (Å²) in [5, 5.41) is 2.76. The Morgan fingerprint density at radius 1 is 1.41 bits per heavy atom. The van der Waals surface area contributed by atoms with Crippen LogP contribution in [0.5, 0.6) is 0 Å². The lowest BCUT2D eigenvalue weighted by molar-refractivity contribution is -0.126. The van der Waals surface area contributed by atoms with Crippen molar-refractivity contribution >= 4 is 27.0 Å². The number of hydrogen-bond acceptors (Lipinski definition) is 6. The Morgan fingerprint density at radius 3 is 2.93 bits per heavy atom. The standard InChI is InChI=1S/C17H23N3O6S/c1-19-14-6-5-13(10-15(14)26-17(19)22)27(23,24)20-8-3-4-12(11-20)16(21)18-7-9-25-2/h5-6,10,12H,3-4,7-9,11H2,1-2H3,(H,18,21). The predicted octanol–water partition coefficient (Wildman–Crippen LogP) is 0.295. The van der Waals surface area contributed by atoms with Gasteiger partial charge in [0.25, 0.3) is 0 Å². The summed E-state index contributed by atoms with van der Waals surface area (Å²) >= 11 is 0. The molecule has 9 nitrogen and oxygen atoms in total. The van der Waals surface area contributed by atoms with Crippen LogP contribution in [0.3, 0.4) is 0 Å². The number of fused-ring (bicyclic) bond motifs is 1. The van der Waals surface area contributed by atoms with Crippen molar-refractivity contribution < 1.29 is 22.4 Å². The maximum atomic E-state index is 13.0. The summed E-state index contributed by atoms with van der Waals surface area (Å²) in [4.78, 5) is 23.9. The molecule has 0 spiro atoms. The SMILES string of the molecule is COCCNC(=O)C1CCCN(S(=O)(=O)c2ccc3c(c2)oc(=O)n3C)C1. The van der Waals surface area contributed by atoms with Gasteiger partial charge in [-0.2, -0.15) is 4.31 Å². The molecule has 1 saturated heterocycles. The van der Waals surface area contributed by atoms with Gasteiger partial charge in [0.2, 0.25) is 15.9 Å². The van der Waals surface area contributed by atoms with Crippen molar-refractivity contribution in [3.63, 3.8) is 0 Å². The summed E-state index contributed by atoms with van der Waals surface area (Å²) in [5.41, 5.74) is 0.738. The lowest BCUT2D eigenvalue weighted by Gasteiger charge is -2.31. The molecule has 0 bridgehead atoms. The highest BCUT2D eigenvalue weighted by atomic mass is 32.2. The molecular formula is C17H23N3O6S. The van der Waals surface area contributed by atoms with Gasteiger partial charge in [0.05, 0.1) is 22.9 Å². The van der Waals surface area contributed by atoms with Gasteiger partial charge in [0.15, 0.2) is 5.58 Å². The van der Waals surface area contributed by atoms with E-state index in [0.29, 0.717) is 38.1 Å². The number of nitrogens with zero attached hydrogens (tertiary/aromatic N) is 2. The van der Waals surface area contributed by atoms with Crippen LogP contribution in [0.1, 0.15) is 12.8 Å². The number of piperidine rings is 1. The number of sulfonamides is 1. The summed E-state index contributed by atoms with van der Waals surface area (Å²) in [6.07, 6.45) is 1.24. The Kier molecular flexibility index (Phi) is 5.68. The van der Waals surface area contributed by atoms with Crippen molar-refractivity contribution in [1.82, 2.24) is 14.2 Å². The maximum Gasteiger partial charge on any atom is 0.419 e. The molecule has 2 heterocycles. The maximum absolute atomic E-state index is 13.0. The summed E-state index contributed by atoms with van der Waals surface area (Å²) < 4.78 is 38.6. The third-order valence-electron chi connectivity index (χ3n) is 4.76. The van der Waals surface area contributed by atoms with E-state index in [0.717, 1.165) is 0 Å². The number of nitrogens with one attached hydrogen (secondary N) is 1. The van der Waals surface area contributed by atoms with Crippen molar-refractivity contribution in [1.29, 1.82) is 0 Å². The fourth-order valence-corrected chi connectivity index (χ4v) is 4.76. The Labute approximate surface area is 156 Å². The van der Waals surface area contributed by atoms with Gasteiger partial charge in [0.1, 0.15) is 0 Å². The molecule has 0 aliphatic carbocycles. The molecule has 1 fully saturated rings. The van der Waals surface area contributed by atoms with Gasteiger partial charge in [-0.3, -0.25) is 9.36 Å². The van der Waals surface area contributed by atoms with Crippen molar-refractivity contribution in [2.45, 2.75) is 17.7 Å². The Morgan fingerprint density at radius 2 is 2.19 bits per heavy atom. The molecule has 1 aliphatic heterocycles. The second kappa shape index (κ2) is 7.83. The summed E-state index contributed by atoms with van der Waals surface area (Å²) in [7, 11) is -0.688. The molecule has 1 atom stereocenters. The van der Waals surface area contributed by atoms with E-state index in [1.807, 2.05) is 0 Å². The first-order valence-electron chi connectivity index (χ1n) is 8.71. The predicted molar refractivity (Wildman–Crippen MR) is 97.8 cm³/mol. The van der Waals surface area contributed by atoms with Gasteiger partial charge < -0.3 is 14.5 Å². The number of methoxy groups -OCH3 is 1. The highest BCUT2D eigenvalue weighted by molar-refractivity contribution is 7.89. The molecule has 1 N–H and O–H groups in total. The Hall–Kier alpha value is -2.17. The van der Waals surface area contributed by atoms with Gasteiger partial charge in [-0.05, 0) is 25.0 Å². The Balaban J connectivity index is 1.79. The molecule has 148 valence electrons. The average Bonchev–Trinajstić information content (AvgIpc) is 2.95. The van der Waals surface area contributed by atoms with Crippen LogP contribution in [0.2, 0.25) is 0 Å². The van der Waals surface area contributed by atoms with Crippen LogP contribution < -0.4 is 11.1 Å². The molecule has 0 radical (unpaired) electrons. The highest BCUT2D eigenvalue weighted by Crippen LogP contribution is 2.26. The largest absolute Gasteiger partial charge is 0.419 e. The number of hydrogen-bond donors (Lipinski definition) is 1. The molecule has 2 aromatic rings. The van der Waals surface area contributed by atoms with Gasteiger partial charge in [-0.1, -0.05) is 0 Å². The molecule has 1 aromatic carbocycles. The lowest BCUT2D eigenvalue weighted by Crippen LogP contribution is -2.45. The molecule has 10 heteroatoms. The van der Waals surface area contributed by atoms with E-state index >= 15 is 0 Å². The molecule has 0 saturated carbocycles. The monoisotopic (exact) mass is 397 g/mol. The van der Waals surface area contributed by atoms with E-state index in [9.17, 15) is 18.0 Å². The van der Waals surface area contributed by atoms with Crippen LogP contribution in [0.25, 0.3) is 11.1 Å². The minimum Gasteiger partial charge on any atom is -0.408 e. The smallest absolute Gasteiger partial charge is 0.408 e. The first-order valence-corrected chi connectivity index (χ1v) is 10.1. The first-order chi connectivity index (χ1) is 12.8. The van der Waals surface area contributed by atoms with Gasteiger partial charge in [0, 0.05) is 39.9 Å². The zero-order valence-electron chi connectivity index (χ0n) is 15.3. The van der Waals surface area contributed by atoms with E-state index < -0.39 is 21.7 Å². The Bertz CT molecular complexity index is 994. The van der Waals surface area contributed by atoms with Crippen LogP contribution >= 0.6 is 0 Å². The number of ether oxygens (including phenoxy) is 1. The van der Waals surface area contributed by atoms with Crippen molar-refractivity contribution in [2.75, 3.05) is 33.4 Å². The zero-order valence-corrected chi connectivity index (χ0v) is 16.1. The van der Waals surface area contributed by atoms with Crippen molar-refractivity contribution in [3.8, 4) is 0 Å². The third-order valence-corrected chi connectivity index (χ3v) is 6.62. The topological polar surface area (TPSA) is 111 Å². The van der Waals surface area contributed by atoms with Crippen molar-refractivity contribution in [3.05, 3.63) is 28.7 Å². The third kappa shape index (κ3) is 3.92.